The van der Waals surface area contributed by atoms with E-state index in [2.05, 4.69) is 25.3 Å². The molecule has 3 N–H and O–H groups in total. The van der Waals surface area contributed by atoms with Gasteiger partial charge in [0.1, 0.15) is 0 Å². The minimum Gasteiger partial charge on any atom is -0.385 e. The molecule has 1 saturated heterocycles. The van der Waals surface area contributed by atoms with Crippen LogP contribution in [0.1, 0.15) is 25.7 Å². The van der Waals surface area contributed by atoms with Crippen molar-refractivity contribution in [3.63, 3.8) is 0 Å². The fraction of sp³-hybridized carbons (Fsp3) is 0.769. The Balaban J connectivity index is 2.12. The Morgan fingerprint density at radius 1 is 1.24 bits per heavy atom. The molecule has 1 aromatic rings. The van der Waals surface area contributed by atoms with Gasteiger partial charge in [-0.25, -0.2) is 5.84 Å². The first-order valence-corrected chi connectivity index (χ1v) is 7.42. The van der Waals surface area contributed by atoms with Crippen LogP contribution < -0.4 is 21.1 Å². The van der Waals surface area contributed by atoms with Gasteiger partial charge in [-0.15, -0.1) is 0 Å². The van der Waals surface area contributed by atoms with E-state index in [0.717, 1.165) is 32.7 Å². The molecule has 2 heterocycles. The zero-order valence-corrected chi connectivity index (χ0v) is 12.9. The van der Waals surface area contributed by atoms with Gasteiger partial charge in [-0.1, -0.05) is 0 Å². The number of piperidine rings is 1. The molecule has 0 aliphatic carbocycles. The summed E-state index contributed by atoms with van der Waals surface area (Å²) < 4.78 is 5.07. The summed E-state index contributed by atoms with van der Waals surface area (Å²) in [4.78, 5) is 17.5. The molecule has 0 amide bonds. The van der Waals surface area contributed by atoms with E-state index in [4.69, 9.17) is 10.6 Å². The lowest BCUT2D eigenvalue weighted by Crippen LogP contribution is -2.32. The van der Waals surface area contributed by atoms with E-state index in [1.54, 1.807) is 7.11 Å². The third-order valence-corrected chi connectivity index (χ3v) is 3.56. The highest BCUT2D eigenvalue weighted by Crippen LogP contribution is 2.19. The molecule has 0 aromatic carbocycles. The second-order valence-corrected chi connectivity index (χ2v) is 5.22. The van der Waals surface area contributed by atoms with E-state index in [9.17, 15) is 0 Å². The molecule has 0 bridgehead atoms. The van der Waals surface area contributed by atoms with Gasteiger partial charge in [-0.3, -0.25) is 5.43 Å². The van der Waals surface area contributed by atoms with E-state index in [1.807, 2.05) is 11.9 Å². The van der Waals surface area contributed by atoms with Crippen LogP contribution in [0.2, 0.25) is 0 Å². The summed E-state index contributed by atoms with van der Waals surface area (Å²) in [7, 11) is 3.67. The van der Waals surface area contributed by atoms with Gasteiger partial charge in [-0.05, 0) is 25.7 Å². The molecule has 1 aliphatic rings. The number of ether oxygens (including phenoxy) is 1. The van der Waals surface area contributed by atoms with Crippen molar-refractivity contribution in [2.45, 2.75) is 25.7 Å². The summed E-state index contributed by atoms with van der Waals surface area (Å²) >= 11 is 0. The molecule has 8 heteroatoms. The number of rotatable bonds is 7. The Bertz CT molecular complexity index is 437. The maximum Gasteiger partial charge on any atom is 0.243 e. The van der Waals surface area contributed by atoms with Crippen molar-refractivity contribution in [2.75, 3.05) is 55.6 Å². The highest BCUT2D eigenvalue weighted by atomic mass is 16.5. The zero-order valence-electron chi connectivity index (χ0n) is 12.9. The Morgan fingerprint density at radius 2 is 2.00 bits per heavy atom. The molecule has 0 spiro atoms. The van der Waals surface area contributed by atoms with Crippen LogP contribution in [0.25, 0.3) is 0 Å². The molecule has 0 saturated carbocycles. The van der Waals surface area contributed by atoms with Crippen molar-refractivity contribution in [3.05, 3.63) is 0 Å². The number of hydrogen-bond donors (Lipinski definition) is 2. The summed E-state index contributed by atoms with van der Waals surface area (Å²) in [5.41, 5.74) is 2.53. The van der Waals surface area contributed by atoms with Crippen molar-refractivity contribution in [1.82, 2.24) is 15.0 Å². The van der Waals surface area contributed by atoms with Crippen molar-refractivity contribution < 1.29 is 4.74 Å². The van der Waals surface area contributed by atoms with Crippen molar-refractivity contribution in [1.29, 1.82) is 0 Å². The minimum atomic E-state index is 0.402. The predicted molar refractivity (Wildman–Crippen MR) is 83.5 cm³/mol. The van der Waals surface area contributed by atoms with E-state index in [1.165, 1.54) is 19.3 Å². The summed E-state index contributed by atoms with van der Waals surface area (Å²) in [6, 6.07) is 0. The molecule has 21 heavy (non-hydrogen) atoms. The van der Waals surface area contributed by atoms with Crippen molar-refractivity contribution in [3.8, 4) is 0 Å². The molecule has 1 aromatic heterocycles. The third kappa shape index (κ3) is 4.40. The Labute approximate surface area is 125 Å². The van der Waals surface area contributed by atoms with Gasteiger partial charge >= 0.3 is 0 Å². The van der Waals surface area contributed by atoms with E-state index >= 15 is 0 Å². The monoisotopic (exact) mass is 295 g/mol. The van der Waals surface area contributed by atoms with Crippen molar-refractivity contribution in [2.24, 2.45) is 5.84 Å². The summed E-state index contributed by atoms with van der Waals surface area (Å²) in [6.45, 7) is 3.51. The summed E-state index contributed by atoms with van der Waals surface area (Å²) in [5, 5.41) is 0. The number of hydrazine groups is 1. The van der Waals surface area contributed by atoms with Gasteiger partial charge in [0, 0.05) is 40.4 Å². The Morgan fingerprint density at radius 3 is 2.67 bits per heavy atom. The fourth-order valence-corrected chi connectivity index (χ4v) is 2.37. The molecule has 1 aliphatic heterocycles. The average Bonchev–Trinajstić information content (AvgIpc) is 2.55. The molecule has 2 rings (SSSR count). The van der Waals surface area contributed by atoms with Crippen LogP contribution >= 0.6 is 0 Å². The van der Waals surface area contributed by atoms with Crippen LogP contribution in [0.5, 0.6) is 0 Å². The van der Waals surface area contributed by atoms with Crippen molar-refractivity contribution >= 4 is 17.8 Å². The second kappa shape index (κ2) is 7.94. The first kappa shape index (κ1) is 15.7. The third-order valence-electron chi connectivity index (χ3n) is 3.56. The van der Waals surface area contributed by atoms with Crippen LogP contribution in [0.15, 0.2) is 0 Å². The highest BCUT2D eigenvalue weighted by molar-refractivity contribution is 5.44. The number of aromatic nitrogens is 3. The lowest BCUT2D eigenvalue weighted by atomic mass is 10.1. The molecule has 1 fully saturated rings. The van der Waals surface area contributed by atoms with Gasteiger partial charge in [0.25, 0.3) is 0 Å². The number of nitrogens with zero attached hydrogens (tertiary/aromatic N) is 5. The van der Waals surface area contributed by atoms with Crippen LogP contribution in [0.3, 0.4) is 0 Å². The molecule has 8 nitrogen and oxygen atoms in total. The van der Waals surface area contributed by atoms with Gasteiger partial charge in [-0.2, -0.15) is 15.0 Å². The second-order valence-electron chi connectivity index (χ2n) is 5.22. The van der Waals surface area contributed by atoms with E-state index in [-0.39, 0.29) is 0 Å². The number of hydrogen-bond acceptors (Lipinski definition) is 8. The maximum absolute atomic E-state index is 5.48. The topological polar surface area (TPSA) is 92.4 Å². The molecule has 0 atom stereocenters. The fourth-order valence-electron chi connectivity index (χ4n) is 2.37. The summed E-state index contributed by atoms with van der Waals surface area (Å²) in [5.74, 6) is 7.22. The van der Waals surface area contributed by atoms with Gasteiger partial charge in [0.05, 0.1) is 0 Å². The van der Waals surface area contributed by atoms with Crippen LogP contribution in [0.4, 0.5) is 17.8 Å². The van der Waals surface area contributed by atoms with Crippen LogP contribution in [-0.2, 0) is 4.74 Å². The zero-order chi connectivity index (χ0) is 15.1. The average molecular weight is 295 g/mol. The Kier molecular flexibility index (Phi) is 5.94. The highest BCUT2D eigenvalue weighted by Gasteiger charge is 2.17. The lowest BCUT2D eigenvalue weighted by Gasteiger charge is -2.27. The lowest BCUT2D eigenvalue weighted by molar-refractivity contribution is 0.196. The largest absolute Gasteiger partial charge is 0.385 e. The predicted octanol–water partition coefficient (Wildman–Crippen LogP) is 0.620. The maximum atomic E-state index is 5.48. The van der Waals surface area contributed by atoms with E-state index < -0.39 is 0 Å². The van der Waals surface area contributed by atoms with Gasteiger partial charge in [0.2, 0.25) is 17.8 Å². The molecular formula is C13H25N7O. The first-order valence-electron chi connectivity index (χ1n) is 7.42. The van der Waals surface area contributed by atoms with Gasteiger partial charge < -0.3 is 14.5 Å². The smallest absolute Gasteiger partial charge is 0.243 e. The quantitative estimate of drug-likeness (QED) is 0.430. The normalized spacial score (nSPS) is 15.1. The number of anilines is 3. The number of nitrogen functional groups attached to an aromatic ring is 1. The standard InChI is InChI=1S/C13H25N7O/c1-19(7-6-10-21-2)12-15-11(18-14)16-13(17-12)20-8-4-3-5-9-20/h3-10,14H2,1-2H3,(H,15,16,17,18). The molecule has 118 valence electrons. The summed E-state index contributed by atoms with van der Waals surface area (Å²) in [6.07, 6.45) is 4.54. The molecular weight excluding hydrogens is 270 g/mol. The van der Waals surface area contributed by atoms with Crippen LogP contribution in [-0.4, -0.2) is 55.4 Å². The molecule has 0 radical (unpaired) electrons. The number of nitrogens with two attached hydrogens (primary N) is 1. The van der Waals surface area contributed by atoms with Crippen LogP contribution in [0, 0.1) is 0 Å². The number of nitrogens with one attached hydrogen (secondary N) is 1. The van der Waals surface area contributed by atoms with E-state index in [0.29, 0.717) is 17.8 Å². The Hall–Kier alpha value is -1.67. The first-order chi connectivity index (χ1) is 10.2. The van der Waals surface area contributed by atoms with Gasteiger partial charge in [0.15, 0.2) is 0 Å². The SMILES string of the molecule is COCCCN(C)c1nc(NN)nc(N2CCCCC2)n1. The minimum absolute atomic E-state index is 0.402. The number of methoxy groups -OCH3 is 1. The molecule has 0 unspecified atom stereocenters.